The molecule has 1 aliphatic carbocycles. The van der Waals surface area contributed by atoms with Crippen LogP contribution in [0.1, 0.15) is 56.4 Å². The van der Waals surface area contributed by atoms with Gasteiger partial charge >= 0.3 is 0 Å². The lowest BCUT2D eigenvalue weighted by Crippen LogP contribution is -2.36. The van der Waals surface area contributed by atoms with Crippen LogP contribution in [0.15, 0.2) is 24.3 Å². The predicted octanol–water partition coefficient (Wildman–Crippen LogP) is 3.24. The third kappa shape index (κ3) is 3.41. The van der Waals surface area contributed by atoms with Gasteiger partial charge in [-0.15, -0.1) is 0 Å². The molecule has 1 aromatic rings. The number of fused-ring (bicyclic) bond motifs is 1. The Bertz CT molecular complexity index is 454. The maximum absolute atomic E-state index is 10.5. The molecule has 0 radical (unpaired) electrons. The Kier molecular flexibility index (Phi) is 4.81. The van der Waals surface area contributed by atoms with Gasteiger partial charge in [0.2, 0.25) is 0 Å². The van der Waals surface area contributed by atoms with Gasteiger partial charge in [-0.3, -0.25) is 0 Å². The van der Waals surface area contributed by atoms with Crippen molar-refractivity contribution < 1.29 is 14.9 Å². The van der Waals surface area contributed by atoms with Crippen molar-refractivity contribution in [1.82, 2.24) is 0 Å². The molecule has 0 amide bonds. The number of rotatable bonds is 4. The molecule has 3 unspecified atom stereocenters. The summed E-state index contributed by atoms with van der Waals surface area (Å²) in [6.07, 6.45) is 6.13. The van der Waals surface area contributed by atoms with Gasteiger partial charge in [-0.2, -0.15) is 0 Å². The van der Waals surface area contributed by atoms with Crippen molar-refractivity contribution in [3.8, 4) is 5.75 Å². The second-order valence-electron chi connectivity index (χ2n) is 6.56. The summed E-state index contributed by atoms with van der Waals surface area (Å²) in [5.74, 6) is 1.51. The highest BCUT2D eigenvalue weighted by Gasteiger charge is 2.31. The summed E-state index contributed by atoms with van der Waals surface area (Å²) in [5.41, 5.74) is 1.18. The Balaban J connectivity index is 1.63. The summed E-state index contributed by atoms with van der Waals surface area (Å²) >= 11 is 0. The van der Waals surface area contributed by atoms with Gasteiger partial charge in [0.15, 0.2) is 0 Å². The standard InChI is InChI=1S/C18H26O3/c19-16(18(20)13-6-2-1-3-7-13)12-14-10-11-21-17-9-5-4-8-15(14)17/h4-5,8-9,13-14,16,18-20H,1-3,6-7,10-12H2. The molecule has 0 bridgehead atoms. The maximum atomic E-state index is 10.5. The van der Waals surface area contributed by atoms with Crippen molar-refractivity contribution in [3.05, 3.63) is 29.8 Å². The molecule has 1 fully saturated rings. The van der Waals surface area contributed by atoms with Gasteiger partial charge in [-0.05, 0) is 49.1 Å². The fourth-order valence-corrected chi connectivity index (χ4v) is 3.88. The zero-order valence-electron chi connectivity index (χ0n) is 12.6. The summed E-state index contributed by atoms with van der Waals surface area (Å²) in [4.78, 5) is 0. The van der Waals surface area contributed by atoms with Gasteiger partial charge < -0.3 is 14.9 Å². The van der Waals surface area contributed by atoms with E-state index in [1.165, 1.54) is 24.8 Å². The number of hydrogen-bond donors (Lipinski definition) is 2. The van der Waals surface area contributed by atoms with Crippen LogP contribution in [0.2, 0.25) is 0 Å². The number of aliphatic hydroxyl groups excluding tert-OH is 2. The van der Waals surface area contributed by atoms with E-state index in [-0.39, 0.29) is 5.92 Å². The van der Waals surface area contributed by atoms with E-state index in [0.717, 1.165) is 25.0 Å². The monoisotopic (exact) mass is 290 g/mol. The lowest BCUT2D eigenvalue weighted by molar-refractivity contribution is -0.0348. The normalized spacial score (nSPS) is 25.7. The molecule has 2 aliphatic rings. The summed E-state index contributed by atoms with van der Waals surface area (Å²) in [6, 6.07) is 8.07. The van der Waals surface area contributed by atoms with Crippen molar-refractivity contribution in [2.24, 2.45) is 5.92 Å². The Morgan fingerprint density at radius 1 is 1.05 bits per heavy atom. The van der Waals surface area contributed by atoms with Crippen LogP contribution in [-0.2, 0) is 0 Å². The maximum Gasteiger partial charge on any atom is 0.122 e. The van der Waals surface area contributed by atoms with Gasteiger partial charge in [0.1, 0.15) is 5.75 Å². The molecule has 21 heavy (non-hydrogen) atoms. The summed E-state index contributed by atoms with van der Waals surface area (Å²) in [7, 11) is 0. The van der Waals surface area contributed by atoms with Crippen LogP contribution in [0.4, 0.5) is 0 Å². The van der Waals surface area contributed by atoms with Gasteiger partial charge in [0.05, 0.1) is 18.8 Å². The molecule has 1 aromatic carbocycles. The van der Waals surface area contributed by atoms with E-state index >= 15 is 0 Å². The highest BCUT2D eigenvalue weighted by Crippen LogP contribution is 2.37. The van der Waals surface area contributed by atoms with Crippen LogP contribution in [0, 0.1) is 5.92 Å². The van der Waals surface area contributed by atoms with Crippen molar-refractivity contribution >= 4 is 0 Å². The van der Waals surface area contributed by atoms with Crippen LogP contribution >= 0.6 is 0 Å². The topological polar surface area (TPSA) is 49.7 Å². The first-order chi connectivity index (χ1) is 10.3. The first-order valence-electron chi connectivity index (χ1n) is 8.33. The van der Waals surface area contributed by atoms with E-state index in [1.54, 1.807) is 0 Å². The molecule has 0 aromatic heterocycles. The number of aliphatic hydroxyl groups is 2. The second kappa shape index (κ2) is 6.80. The molecular weight excluding hydrogens is 264 g/mol. The first-order valence-corrected chi connectivity index (χ1v) is 8.33. The Morgan fingerprint density at radius 3 is 2.62 bits per heavy atom. The number of ether oxygens (including phenoxy) is 1. The molecule has 2 N–H and O–H groups in total. The lowest BCUT2D eigenvalue weighted by Gasteiger charge is -2.33. The highest BCUT2D eigenvalue weighted by molar-refractivity contribution is 5.37. The lowest BCUT2D eigenvalue weighted by atomic mass is 9.80. The van der Waals surface area contributed by atoms with Crippen molar-refractivity contribution in [2.75, 3.05) is 6.61 Å². The van der Waals surface area contributed by atoms with Crippen molar-refractivity contribution in [3.63, 3.8) is 0 Å². The fourth-order valence-electron chi connectivity index (χ4n) is 3.88. The Morgan fingerprint density at radius 2 is 1.81 bits per heavy atom. The van der Waals surface area contributed by atoms with E-state index in [2.05, 4.69) is 6.07 Å². The van der Waals surface area contributed by atoms with Crippen molar-refractivity contribution in [2.45, 2.75) is 63.1 Å². The number of benzene rings is 1. The van der Waals surface area contributed by atoms with Crippen LogP contribution in [0.5, 0.6) is 5.75 Å². The minimum absolute atomic E-state index is 0.281. The van der Waals surface area contributed by atoms with E-state index in [4.69, 9.17) is 4.74 Å². The molecule has 0 saturated heterocycles. The largest absolute Gasteiger partial charge is 0.493 e. The van der Waals surface area contributed by atoms with E-state index in [9.17, 15) is 10.2 Å². The van der Waals surface area contributed by atoms with E-state index < -0.39 is 12.2 Å². The van der Waals surface area contributed by atoms with Gasteiger partial charge in [0.25, 0.3) is 0 Å². The van der Waals surface area contributed by atoms with E-state index in [0.29, 0.717) is 18.9 Å². The average Bonchev–Trinajstić information content (AvgIpc) is 2.55. The molecule has 1 heterocycles. The van der Waals surface area contributed by atoms with Gasteiger partial charge in [-0.1, -0.05) is 37.5 Å². The smallest absolute Gasteiger partial charge is 0.122 e. The van der Waals surface area contributed by atoms with E-state index in [1.807, 2.05) is 18.2 Å². The molecule has 3 rings (SSSR count). The van der Waals surface area contributed by atoms with Gasteiger partial charge in [0, 0.05) is 0 Å². The second-order valence-corrected chi connectivity index (χ2v) is 6.56. The summed E-state index contributed by atoms with van der Waals surface area (Å²) in [6.45, 7) is 0.702. The van der Waals surface area contributed by atoms with Crippen LogP contribution in [-0.4, -0.2) is 29.0 Å². The van der Waals surface area contributed by atoms with Crippen molar-refractivity contribution in [1.29, 1.82) is 0 Å². The first kappa shape index (κ1) is 14.9. The van der Waals surface area contributed by atoms with Crippen LogP contribution in [0.3, 0.4) is 0 Å². The van der Waals surface area contributed by atoms with Crippen LogP contribution < -0.4 is 4.74 Å². The quantitative estimate of drug-likeness (QED) is 0.895. The summed E-state index contributed by atoms with van der Waals surface area (Å²) < 4.78 is 5.67. The third-order valence-electron chi connectivity index (χ3n) is 5.14. The Labute approximate surface area is 127 Å². The minimum atomic E-state index is -0.621. The molecule has 0 spiro atoms. The predicted molar refractivity (Wildman–Crippen MR) is 82.5 cm³/mol. The average molecular weight is 290 g/mol. The van der Waals surface area contributed by atoms with Crippen LogP contribution in [0.25, 0.3) is 0 Å². The number of para-hydroxylation sites is 1. The zero-order valence-corrected chi connectivity index (χ0v) is 12.6. The minimum Gasteiger partial charge on any atom is -0.493 e. The zero-order chi connectivity index (χ0) is 14.7. The molecule has 1 saturated carbocycles. The SMILES string of the molecule is OC(CC1CCOc2ccccc21)C(O)C1CCCCC1. The molecule has 3 heteroatoms. The molecular formula is C18H26O3. The molecule has 1 aliphatic heterocycles. The number of hydrogen-bond acceptors (Lipinski definition) is 3. The fraction of sp³-hybridized carbons (Fsp3) is 0.667. The summed E-state index contributed by atoms with van der Waals surface area (Å²) in [5, 5.41) is 20.9. The highest BCUT2D eigenvalue weighted by atomic mass is 16.5. The molecule has 116 valence electrons. The Hall–Kier alpha value is -1.06. The van der Waals surface area contributed by atoms with Gasteiger partial charge in [-0.25, -0.2) is 0 Å². The third-order valence-corrected chi connectivity index (χ3v) is 5.14. The molecule has 3 nitrogen and oxygen atoms in total. The molecule has 3 atom stereocenters.